The molecule has 2 fully saturated rings. The molecular weight excluding hydrogens is 234 g/mol. The smallest absolute Gasteiger partial charge is 0.212 e. The maximum atomic E-state index is 12.3. The van der Waals surface area contributed by atoms with Crippen LogP contribution in [0, 0.1) is 0 Å². The summed E-state index contributed by atoms with van der Waals surface area (Å²) in [7, 11) is -3.05. The predicted octanol–water partition coefficient (Wildman–Crippen LogP) is 1.96. The van der Waals surface area contributed by atoms with Gasteiger partial charge in [-0.1, -0.05) is 12.8 Å². The third-order valence-corrected chi connectivity index (χ3v) is 5.93. The van der Waals surface area contributed by atoms with Crippen LogP contribution in [0.25, 0.3) is 0 Å². The standard InChI is InChI=1S/C10H18ClNO2S/c11-7-8-12(9-5-6-9)15(13,14)10-3-1-2-4-10/h9-10H,1-8H2. The van der Waals surface area contributed by atoms with Gasteiger partial charge < -0.3 is 0 Å². The second kappa shape index (κ2) is 4.60. The lowest BCUT2D eigenvalue weighted by Crippen LogP contribution is -2.40. The molecule has 0 atom stereocenters. The average molecular weight is 252 g/mol. The average Bonchev–Trinajstić information content (AvgIpc) is 2.86. The Morgan fingerprint density at radius 3 is 2.20 bits per heavy atom. The van der Waals surface area contributed by atoms with Crippen LogP contribution in [0.1, 0.15) is 38.5 Å². The summed E-state index contributed by atoms with van der Waals surface area (Å²) in [4.78, 5) is 0. The first-order valence-corrected chi connectivity index (χ1v) is 7.76. The number of alkyl halides is 1. The van der Waals surface area contributed by atoms with E-state index in [1.165, 1.54) is 0 Å². The Morgan fingerprint density at radius 2 is 1.73 bits per heavy atom. The van der Waals surface area contributed by atoms with Crippen LogP contribution in [0.2, 0.25) is 0 Å². The van der Waals surface area contributed by atoms with E-state index < -0.39 is 10.0 Å². The fraction of sp³-hybridized carbons (Fsp3) is 1.00. The molecule has 0 N–H and O–H groups in total. The Labute approximate surface area is 96.8 Å². The summed E-state index contributed by atoms with van der Waals surface area (Å²) in [5.41, 5.74) is 0. The zero-order valence-corrected chi connectivity index (χ0v) is 10.4. The number of halogens is 1. The summed E-state index contributed by atoms with van der Waals surface area (Å²) in [6.07, 6.45) is 5.83. The van der Waals surface area contributed by atoms with Gasteiger partial charge in [0.25, 0.3) is 0 Å². The Balaban J connectivity index is 2.09. The molecule has 3 nitrogen and oxygen atoms in total. The monoisotopic (exact) mass is 251 g/mol. The van der Waals surface area contributed by atoms with E-state index in [-0.39, 0.29) is 11.3 Å². The minimum Gasteiger partial charge on any atom is -0.212 e. The third-order valence-electron chi connectivity index (χ3n) is 3.31. The first-order chi connectivity index (χ1) is 7.16. The van der Waals surface area contributed by atoms with Crippen molar-refractivity contribution < 1.29 is 8.42 Å². The van der Waals surface area contributed by atoms with Gasteiger partial charge >= 0.3 is 0 Å². The second-order valence-corrected chi connectivity index (χ2v) is 7.03. The van der Waals surface area contributed by atoms with E-state index in [0.717, 1.165) is 38.5 Å². The van der Waals surface area contributed by atoms with Crippen molar-refractivity contribution >= 4 is 21.6 Å². The molecule has 0 aliphatic heterocycles. The summed E-state index contributed by atoms with van der Waals surface area (Å²) in [5, 5.41) is -0.124. The molecule has 0 amide bonds. The predicted molar refractivity (Wildman–Crippen MR) is 61.6 cm³/mol. The number of hydrogen-bond acceptors (Lipinski definition) is 2. The topological polar surface area (TPSA) is 37.4 Å². The maximum absolute atomic E-state index is 12.3. The largest absolute Gasteiger partial charge is 0.217 e. The highest BCUT2D eigenvalue weighted by molar-refractivity contribution is 7.89. The van der Waals surface area contributed by atoms with Crippen molar-refractivity contribution in [1.82, 2.24) is 4.31 Å². The lowest BCUT2D eigenvalue weighted by Gasteiger charge is -2.24. The van der Waals surface area contributed by atoms with Crippen molar-refractivity contribution in [1.29, 1.82) is 0 Å². The Kier molecular flexibility index (Phi) is 3.58. The van der Waals surface area contributed by atoms with E-state index in [1.54, 1.807) is 4.31 Å². The third kappa shape index (κ3) is 2.48. The quantitative estimate of drug-likeness (QED) is 0.701. The molecule has 2 aliphatic carbocycles. The van der Waals surface area contributed by atoms with Crippen LogP contribution in [0.3, 0.4) is 0 Å². The maximum Gasteiger partial charge on any atom is 0.217 e. The molecule has 5 heteroatoms. The van der Waals surface area contributed by atoms with Crippen molar-refractivity contribution in [3.8, 4) is 0 Å². The molecular formula is C10H18ClNO2S. The van der Waals surface area contributed by atoms with Gasteiger partial charge in [0.2, 0.25) is 10.0 Å². The number of sulfonamides is 1. The molecule has 0 aromatic heterocycles. The molecule has 88 valence electrons. The molecule has 0 heterocycles. The first kappa shape index (κ1) is 11.7. The molecule has 0 bridgehead atoms. The highest BCUT2D eigenvalue weighted by Crippen LogP contribution is 2.34. The van der Waals surface area contributed by atoms with Gasteiger partial charge in [-0.05, 0) is 25.7 Å². The highest BCUT2D eigenvalue weighted by atomic mass is 35.5. The van der Waals surface area contributed by atoms with Gasteiger partial charge in [0.1, 0.15) is 0 Å². The summed E-state index contributed by atoms with van der Waals surface area (Å²) in [6.45, 7) is 0.491. The lowest BCUT2D eigenvalue weighted by atomic mass is 10.4. The molecule has 0 aromatic rings. The molecule has 0 saturated heterocycles. The number of rotatable bonds is 5. The van der Waals surface area contributed by atoms with Crippen LogP contribution in [-0.4, -0.2) is 36.4 Å². The van der Waals surface area contributed by atoms with Gasteiger partial charge in [0.15, 0.2) is 0 Å². The van der Waals surface area contributed by atoms with Gasteiger partial charge in [-0.2, -0.15) is 4.31 Å². The van der Waals surface area contributed by atoms with Gasteiger partial charge in [-0.3, -0.25) is 0 Å². The Hall–Kier alpha value is 0.200. The molecule has 0 aromatic carbocycles. The van der Waals surface area contributed by atoms with E-state index in [4.69, 9.17) is 11.6 Å². The fourth-order valence-electron chi connectivity index (χ4n) is 2.34. The molecule has 0 unspecified atom stereocenters. The van der Waals surface area contributed by atoms with Crippen LogP contribution < -0.4 is 0 Å². The minimum atomic E-state index is -3.05. The molecule has 2 rings (SSSR count). The van der Waals surface area contributed by atoms with Crippen molar-refractivity contribution in [2.45, 2.75) is 49.8 Å². The molecule has 0 radical (unpaired) electrons. The minimum absolute atomic E-state index is 0.124. The fourth-order valence-corrected chi connectivity index (χ4v) is 4.91. The van der Waals surface area contributed by atoms with Crippen LogP contribution in [0.15, 0.2) is 0 Å². The zero-order chi connectivity index (χ0) is 10.9. The summed E-state index contributed by atoms with van der Waals surface area (Å²) < 4.78 is 26.2. The van der Waals surface area contributed by atoms with Gasteiger partial charge in [0.05, 0.1) is 5.25 Å². The highest BCUT2D eigenvalue weighted by Gasteiger charge is 2.41. The number of nitrogens with zero attached hydrogens (tertiary/aromatic N) is 1. The van der Waals surface area contributed by atoms with Crippen LogP contribution in [0.5, 0.6) is 0 Å². The van der Waals surface area contributed by atoms with E-state index >= 15 is 0 Å². The Morgan fingerprint density at radius 1 is 1.13 bits per heavy atom. The number of hydrogen-bond donors (Lipinski definition) is 0. The van der Waals surface area contributed by atoms with Crippen LogP contribution in [-0.2, 0) is 10.0 Å². The van der Waals surface area contributed by atoms with Crippen molar-refractivity contribution in [3.63, 3.8) is 0 Å². The van der Waals surface area contributed by atoms with E-state index in [1.807, 2.05) is 0 Å². The summed E-state index contributed by atoms with van der Waals surface area (Å²) >= 11 is 5.67. The second-order valence-electron chi connectivity index (χ2n) is 4.48. The van der Waals surface area contributed by atoms with Gasteiger partial charge in [-0.25, -0.2) is 8.42 Å². The van der Waals surface area contributed by atoms with Gasteiger partial charge in [0, 0.05) is 18.5 Å². The summed E-state index contributed by atoms with van der Waals surface area (Å²) in [5.74, 6) is 0.405. The molecule has 15 heavy (non-hydrogen) atoms. The Bertz CT molecular complexity index is 307. The van der Waals surface area contributed by atoms with Crippen LogP contribution >= 0.6 is 11.6 Å². The summed E-state index contributed by atoms with van der Waals surface area (Å²) in [6, 6.07) is 0.259. The van der Waals surface area contributed by atoms with E-state index in [2.05, 4.69) is 0 Å². The molecule has 0 spiro atoms. The molecule has 2 aliphatic rings. The molecule has 2 saturated carbocycles. The van der Waals surface area contributed by atoms with Crippen molar-refractivity contribution in [2.75, 3.05) is 12.4 Å². The van der Waals surface area contributed by atoms with E-state index in [0.29, 0.717) is 12.4 Å². The normalized spacial score (nSPS) is 23.9. The zero-order valence-electron chi connectivity index (χ0n) is 8.86. The van der Waals surface area contributed by atoms with Crippen molar-refractivity contribution in [2.24, 2.45) is 0 Å². The lowest BCUT2D eigenvalue weighted by molar-refractivity contribution is 0.413. The SMILES string of the molecule is O=S(=O)(C1CCCC1)N(CCCl)C1CC1. The van der Waals surface area contributed by atoms with Gasteiger partial charge in [-0.15, -0.1) is 11.6 Å². The van der Waals surface area contributed by atoms with Crippen molar-refractivity contribution in [3.05, 3.63) is 0 Å². The first-order valence-electron chi connectivity index (χ1n) is 5.73. The van der Waals surface area contributed by atoms with Crippen LogP contribution in [0.4, 0.5) is 0 Å². The van der Waals surface area contributed by atoms with E-state index in [9.17, 15) is 8.42 Å².